The highest BCUT2D eigenvalue weighted by Gasteiger charge is 2.31. The summed E-state index contributed by atoms with van der Waals surface area (Å²) in [4.78, 5) is 19.6. The molecule has 200 valence electrons. The van der Waals surface area contributed by atoms with Gasteiger partial charge in [-0.05, 0) is 67.0 Å². The molecule has 5 rings (SSSR count). The van der Waals surface area contributed by atoms with E-state index in [1.54, 1.807) is 6.07 Å². The number of alkyl halides is 3. The van der Waals surface area contributed by atoms with Gasteiger partial charge >= 0.3 is 12.3 Å². The third-order valence-electron chi connectivity index (χ3n) is 7.33. The zero-order valence-electron chi connectivity index (χ0n) is 20.8. The fourth-order valence-electron chi connectivity index (χ4n) is 5.43. The fraction of sp³-hybridized carbons (Fsp3) is 0.393. The molecule has 2 aliphatic rings. The van der Waals surface area contributed by atoms with Gasteiger partial charge in [0.1, 0.15) is 12.1 Å². The van der Waals surface area contributed by atoms with E-state index in [1.807, 2.05) is 18.2 Å². The van der Waals surface area contributed by atoms with Gasteiger partial charge in [0.25, 0.3) is 0 Å². The number of hydrogen-bond donors (Lipinski definition) is 4. The van der Waals surface area contributed by atoms with E-state index in [0.717, 1.165) is 54.6 Å². The first-order valence-corrected chi connectivity index (χ1v) is 12.9. The molecule has 1 amide bonds. The number of carbonyl (C=O) groups is 1. The maximum absolute atomic E-state index is 13.5. The first kappa shape index (κ1) is 25.8. The summed E-state index contributed by atoms with van der Waals surface area (Å²) in [5, 5.41) is 18.1. The molecule has 3 aromatic rings. The minimum Gasteiger partial charge on any atom is -0.465 e. The molecule has 1 heterocycles. The van der Waals surface area contributed by atoms with Crippen LogP contribution < -0.4 is 16.0 Å². The number of nitrogens with zero attached hydrogens (tertiary/aromatic N) is 2. The van der Waals surface area contributed by atoms with Crippen molar-refractivity contribution in [3.63, 3.8) is 0 Å². The van der Waals surface area contributed by atoms with Crippen LogP contribution in [0.5, 0.6) is 0 Å². The van der Waals surface area contributed by atoms with E-state index in [1.165, 1.54) is 18.8 Å². The molecule has 0 spiro atoms. The molecule has 1 unspecified atom stereocenters. The van der Waals surface area contributed by atoms with Crippen LogP contribution in [0.3, 0.4) is 0 Å². The Bertz CT molecular complexity index is 1310. The first-order valence-electron chi connectivity index (χ1n) is 12.9. The van der Waals surface area contributed by atoms with E-state index < -0.39 is 17.8 Å². The Balaban J connectivity index is 1.36. The Morgan fingerprint density at radius 1 is 0.974 bits per heavy atom. The van der Waals surface area contributed by atoms with Crippen LogP contribution in [0.1, 0.15) is 48.8 Å². The normalized spacial score (nSPS) is 17.6. The Labute approximate surface area is 218 Å². The maximum atomic E-state index is 13.5. The third kappa shape index (κ3) is 6.17. The summed E-state index contributed by atoms with van der Waals surface area (Å²) in [5.74, 6) is 0.949. The lowest BCUT2D eigenvalue weighted by atomic mass is 9.89. The fourth-order valence-corrected chi connectivity index (χ4v) is 5.43. The number of aromatic nitrogens is 2. The summed E-state index contributed by atoms with van der Waals surface area (Å²) in [5.41, 5.74) is 3.73. The maximum Gasteiger partial charge on any atom is 0.416 e. The van der Waals surface area contributed by atoms with Crippen molar-refractivity contribution in [2.75, 3.05) is 17.2 Å². The molecule has 1 saturated carbocycles. The molecule has 10 heteroatoms. The number of fused-ring (bicyclic) bond motifs is 1. The van der Waals surface area contributed by atoms with E-state index in [9.17, 15) is 18.0 Å². The molecular formula is C28H30F3N5O2. The number of hydrogen-bond acceptors (Lipinski definition) is 5. The van der Waals surface area contributed by atoms with Crippen molar-refractivity contribution in [3.05, 3.63) is 65.5 Å². The van der Waals surface area contributed by atoms with Crippen LogP contribution in [0.4, 0.5) is 35.2 Å². The Morgan fingerprint density at radius 2 is 1.76 bits per heavy atom. The van der Waals surface area contributed by atoms with Gasteiger partial charge in [0.2, 0.25) is 0 Å². The van der Waals surface area contributed by atoms with Gasteiger partial charge in [-0.25, -0.2) is 14.8 Å². The predicted molar refractivity (Wildman–Crippen MR) is 140 cm³/mol. The SMILES string of the molecule is O=C(O)NC1Cc2ccc(Nc3cc(-c4ccc(C(F)(F)F)cc4NCC4CCCCC4)ncn3)cc2C1. The zero-order valence-corrected chi connectivity index (χ0v) is 20.8. The lowest BCUT2D eigenvalue weighted by Crippen LogP contribution is -2.33. The molecule has 2 aromatic carbocycles. The minimum absolute atomic E-state index is 0.150. The summed E-state index contributed by atoms with van der Waals surface area (Å²) < 4.78 is 40.5. The second kappa shape index (κ2) is 10.9. The van der Waals surface area contributed by atoms with Gasteiger partial charge in [0.15, 0.2) is 0 Å². The lowest BCUT2D eigenvalue weighted by Gasteiger charge is -2.23. The molecule has 0 saturated heterocycles. The number of nitrogens with one attached hydrogen (secondary N) is 3. The number of anilines is 3. The molecule has 7 nitrogen and oxygen atoms in total. The number of halogens is 3. The number of carboxylic acid groups (broad SMARTS) is 1. The molecule has 4 N–H and O–H groups in total. The summed E-state index contributed by atoms with van der Waals surface area (Å²) in [6.45, 7) is 0.622. The van der Waals surface area contributed by atoms with Gasteiger partial charge in [-0.1, -0.05) is 31.4 Å². The standard InChI is InChI=1S/C28H30F3N5O2/c29-28(30,31)20-7-9-23(24(13-20)32-15-17-4-2-1-3-5-17)25-14-26(34-16-33-25)35-21-8-6-18-10-22(36-27(37)38)12-19(18)11-21/h6-9,11,13-14,16-17,22,32,36H,1-5,10,12,15H2,(H,37,38)(H,33,34,35). The van der Waals surface area contributed by atoms with Crippen molar-refractivity contribution in [3.8, 4) is 11.3 Å². The van der Waals surface area contributed by atoms with Crippen LogP contribution in [0.25, 0.3) is 11.3 Å². The van der Waals surface area contributed by atoms with Crippen LogP contribution >= 0.6 is 0 Å². The average molecular weight is 526 g/mol. The minimum atomic E-state index is -4.44. The Hall–Kier alpha value is -3.82. The van der Waals surface area contributed by atoms with Gasteiger partial charge < -0.3 is 21.1 Å². The van der Waals surface area contributed by atoms with E-state index in [4.69, 9.17) is 5.11 Å². The molecule has 0 aliphatic heterocycles. The van der Waals surface area contributed by atoms with E-state index in [0.29, 0.717) is 48.1 Å². The van der Waals surface area contributed by atoms with Crippen molar-refractivity contribution in [1.82, 2.24) is 15.3 Å². The smallest absolute Gasteiger partial charge is 0.416 e. The summed E-state index contributed by atoms with van der Waals surface area (Å²) in [6.07, 6.45) is 2.85. The third-order valence-corrected chi connectivity index (χ3v) is 7.33. The van der Waals surface area contributed by atoms with Crippen LogP contribution in [0.15, 0.2) is 48.8 Å². The van der Waals surface area contributed by atoms with Gasteiger partial charge in [-0.3, -0.25) is 0 Å². The van der Waals surface area contributed by atoms with Crippen molar-refractivity contribution in [2.45, 2.75) is 57.2 Å². The summed E-state index contributed by atoms with van der Waals surface area (Å²) in [6, 6.07) is 11.1. The van der Waals surface area contributed by atoms with Gasteiger partial charge in [-0.15, -0.1) is 0 Å². The highest BCUT2D eigenvalue weighted by atomic mass is 19.4. The Kier molecular flexibility index (Phi) is 7.40. The average Bonchev–Trinajstić information content (AvgIpc) is 3.28. The molecule has 1 fully saturated rings. The molecule has 1 atom stereocenters. The quantitative estimate of drug-likeness (QED) is 0.276. The van der Waals surface area contributed by atoms with Crippen molar-refractivity contribution < 1.29 is 23.1 Å². The summed E-state index contributed by atoms with van der Waals surface area (Å²) >= 11 is 0. The van der Waals surface area contributed by atoms with Crippen molar-refractivity contribution in [1.29, 1.82) is 0 Å². The lowest BCUT2D eigenvalue weighted by molar-refractivity contribution is -0.137. The Morgan fingerprint density at radius 3 is 2.53 bits per heavy atom. The van der Waals surface area contributed by atoms with Crippen LogP contribution in [0, 0.1) is 5.92 Å². The molecule has 2 aliphatic carbocycles. The topological polar surface area (TPSA) is 99.2 Å². The van der Waals surface area contributed by atoms with E-state index in [-0.39, 0.29) is 6.04 Å². The summed E-state index contributed by atoms with van der Waals surface area (Å²) in [7, 11) is 0. The monoisotopic (exact) mass is 525 g/mol. The van der Waals surface area contributed by atoms with Crippen LogP contribution in [-0.2, 0) is 19.0 Å². The number of amides is 1. The van der Waals surface area contributed by atoms with Crippen molar-refractivity contribution >= 4 is 23.3 Å². The number of rotatable bonds is 7. The highest BCUT2D eigenvalue weighted by Crippen LogP contribution is 2.36. The predicted octanol–water partition coefficient (Wildman–Crippen LogP) is 6.63. The molecule has 0 bridgehead atoms. The molecule has 38 heavy (non-hydrogen) atoms. The second-order valence-electron chi connectivity index (χ2n) is 10.1. The molecule has 1 aromatic heterocycles. The largest absolute Gasteiger partial charge is 0.465 e. The second-order valence-corrected chi connectivity index (χ2v) is 10.1. The van der Waals surface area contributed by atoms with Gasteiger partial charge in [-0.2, -0.15) is 13.2 Å². The van der Waals surface area contributed by atoms with E-state index in [2.05, 4.69) is 25.9 Å². The van der Waals surface area contributed by atoms with Gasteiger partial charge in [0, 0.05) is 35.6 Å². The van der Waals surface area contributed by atoms with Crippen molar-refractivity contribution in [2.24, 2.45) is 5.92 Å². The highest BCUT2D eigenvalue weighted by molar-refractivity contribution is 5.78. The van der Waals surface area contributed by atoms with E-state index >= 15 is 0 Å². The number of benzene rings is 2. The zero-order chi connectivity index (χ0) is 26.7. The molecule has 0 radical (unpaired) electrons. The first-order chi connectivity index (χ1) is 18.2. The van der Waals surface area contributed by atoms with Crippen LogP contribution in [-0.4, -0.2) is 33.8 Å². The van der Waals surface area contributed by atoms with Crippen LogP contribution in [0.2, 0.25) is 0 Å². The van der Waals surface area contributed by atoms with Gasteiger partial charge in [0.05, 0.1) is 11.3 Å². The molecular weight excluding hydrogens is 495 g/mol.